The minimum absolute atomic E-state index is 0.222. The quantitative estimate of drug-likeness (QED) is 0.338. The third-order valence-corrected chi connectivity index (χ3v) is 6.62. The lowest BCUT2D eigenvalue weighted by molar-refractivity contribution is -0.274. The average Bonchev–Trinajstić information content (AvgIpc) is 2.79. The van der Waals surface area contributed by atoms with Crippen molar-refractivity contribution in [3.63, 3.8) is 0 Å². The van der Waals surface area contributed by atoms with Crippen molar-refractivity contribution in [1.82, 2.24) is 0 Å². The van der Waals surface area contributed by atoms with Gasteiger partial charge in [-0.05, 0) is 84.6 Å². The molecular weight excluding hydrogens is 432 g/mol. The predicted molar refractivity (Wildman–Crippen MR) is 121 cm³/mol. The van der Waals surface area contributed by atoms with Crippen LogP contribution in [0, 0.1) is 11.7 Å². The van der Waals surface area contributed by atoms with Gasteiger partial charge in [-0.15, -0.1) is 13.2 Å². The Morgan fingerprint density at radius 3 is 2.27 bits per heavy atom. The summed E-state index contributed by atoms with van der Waals surface area (Å²) in [4.78, 5) is 0. The Morgan fingerprint density at radius 1 is 0.879 bits per heavy atom. The maximum absolute atomic E-state index is 15.2. The molecule has 2 nitrogen and oxygen atoms in total. The van der Waals surface area contributed by atoms with Gasteiger partial charge in [0.2, 0.25) is 0 Å². The summed E-state index contributed by atoms with van der Waals surface area (Å²) >= 11 is 0. The van der Waals surface area contributed by atoms with E-state index in [1.54, 1.807) is 19.2 Å². The van der Waals surface area contributed by atoms with E-state index in [9.17, 15) is 13.2 Å². The molecule has 0 amide bonds. The molecule has 0 saturated heterocycles. The lowest BCUT2D eigenvalue weighted by Crippen LogP contribution is -2.17. The SMILES string of the molecule is COCC1CCC(c2ccc3c(F)c(CCc4ccc(OC(F)(F)F)cc4)ccc3c2)CC1. The molecule has 1 fully saturated rings. The Morgan fingerprint density at radius 2 is 1.61 bits per heavy atom. The summed E-state index contributed by atoms with van der Waals surface area (Å²) in [7, 11) is 1.75. The molecule has 0 bridgehead atoms. The number of hydrogen-bond donors (Lipinski definition) is 0. The molecule has 33 heavy (non-hydrogen) atoms. The first-order chi connectivity index (χ1) is 15.8. The number of aryl methyl sites for hydroxylation is 2. The molecule has 3 aromatic rings. The van der Waals surface area contributed by atoms with Crippen molar-refractivity contribution in [2.75, 3.05) is 13.7 Å². The molecule has 0 N–H and O–H groups in total. The van der Waals surface area contributed by atoms with Gasteiger partial charge in [-0.25, -0.2) is 4.39 Å². The standard InChI is InChI=1S/C27H28F4O2/c1-32-17-19-3-7-20(8-4-19)22-12-15-25-23(16-22)11-10-21(26(25)28)9-2-18-5-13-24(14-6-18)33-27(29,30)31/h5-6,10-16,19-20H,2-4,7-9,17H2,1H3. The normalized spacial score (nSPS) is 19.1. The Labute approximate surface area is 191 Å². The van der Waals surface area contributed by atoms with Crippen molar-refractivity contribution >= 4 is 10.8 Å². The Bertz CT molecular complexity index is 1070. The van der Waals surface area contributed by atoms with Gasteiger partial charge in [0, 0.05) is 19.1 Å². The summed E-state index contributed by atoms with van der Waals surface area (Å²) in [5.74, 6) is 0.667. The molecule has 0 radical (unpaired) electrons. The van der Waals surface area contributed by atoms with Crippen molar-refractivity contribution in [2.24, 2.45) is 5.92 Å². The lowest BCUT2D eigenvalue weighted by atomic mass is 9.78. The number of benzene rings is 3. The number of methoxy groups -OCH3 is 1. The van der Waals surface area contributed by atoms with E-state index < -0.39 is 6.36 Å². The van der Waals surface area contributed by atoms with Crippen LogP contribution in [0.3, 0.4) is 0 Å². The first-order valence-corrected chi connectivity index (χ1v) is 11.4. The van der Waals surface area contributed by atoms with Gasteiger partial charge >= 0.3 is 6.36 Å². The molecule has 0 aliphatic heterocycles. The molecule has 0 heterocycles. The third kappa shape index (κ3) is 6.05. The van der Waals surface area contributed by atoms with Crippen LogP contribution in [0.2, 0.25) is 0 Å². The smallest absolute Gasteiger partial charge is 0.406 e. The maximum Gasteiger partial charge on any atom is 0.573 e. The zero-order chi connectivity index (χ0) is 23.4. The molecule has 4 rings (SSSR count). The Kier molecular flexibility index (Phi) is 7.23. The third-order valence-electron chi connectivity index (χ3n) is 6.62. The van der Waals surface area contributed by atoms with Crippen LogP contribution in [0.1, 0.15) is 48.3 Å². The highest BCUT2D eigenvalue weighted by Crippen LogP contribution is 2.37. The van der Waals surface area contributed by atoms with Crippen LogP contribution in [0.4, 0.5) is 17.6 Å². The molecule has 1 saturated carbocycles. The molecule has 176 valence electrons. The van der Waals surface area contributed by atoms with E-state index in [0.717, 1.165) is 43.2 Å². The second-order valence-corrected chi connectivity index (χ2v) is 8.88. The van der Waals surface area contributed by atoms with Gasteiger partial charge in [0.05, 0.1) is 0 Å². The van der Waals surface area contributed by atoms with E-state index in [1.165, 1.54) is 17.7 Å². The van der Waals surface area contributed by atoms with E-state index in [4.69, 9.17) is 4.74 Å². The van der Waals surface area contributed by atoms with Gasteiger partial charge in [-0.1, -0.05) is 42.5 Å². The van der Waals surface area contributed by atoms with E-state index >= 15 is 4.39 Å². The first kappa shape index (κ1) is 23.6. The second-order valence-electron chi connectivity index (χ2n) is 8.88. The van der Waals surface area contributed by atoms with Crippen LogP contribution in [-0.4, -0.2) is 20.1 Å². The topological polar surface area (TPSA) is 18.5 Å². The molecule has 0 spiro atoms. The highest BCUT2D eigenvalue weighted by molar-refractivity contribution is 5.84. The van der Waals surface area contributed by atoms with E-state index in [-0.39, 0.29) is 11.6 Å². The maximum atomic E-state index is 15.2. The zero-order valence-corrected chi connectivity index (χ0v) is 18.6. The summed E-state index contributed by atoms with van der Waals surface area (Å²) in [6.45, 7) is 0.823. The summed E-state index contributed by atoms with van der Waals surface area (Å²) in [6.07, 6.45) is 0.864. The lowest BCUT2D eigenvalue weighted by Gasteiger charge is -2.28. The van der Waals surface area contributed by atoms with Crippen molar-refractivity contribution in [3.8, 4) is 5.75 Å². The highest BCUT2D eigenvalue weighted by Gasteiger charge is 2.31. The molecule has 1 aliphatic rings. The van der Waals surface area contributed by atoms with E-state index in [0.29, 0.717) is 35.6 Å². The minimum atomic E-state index is -4.71. The summed E-state index contributed by atoms with van der Waals surface area (Å²) < 4.78 is 61.2. The first-order valence-electron chi connectivity index (χ1n) is 11.4. The summed E-state index contributed by atoms with van der Waals surface area (Å²) in [5, 5.41) is 1.51. The van der Waals surface area contributed by atoms with Crippen LogP contribution in [0.25, 0.3) is 10.8 Å². The molecule has 6 heteroatoms. The van der Waals surface area contributed by atoms with Crippen molar-refractivity contribution in [2.45, 2.75) is 50.8 Å². The van der Waals surface area contributed by atoms with Gasteiger partial charge in [0.1, 0.15) is 11.6 Å². The van der Waals surface area contributed by atoms with Gasteiger partial charge < -0.3 is 9.47 Å². The van der Waals surface area contributed by atoms with Crippen LogP contribution < -0.4 is 4.74 Å². The highest BCUT2D eigenvalue weighted by atomic mass is 19.4. The Hall–Kier alpha value is -2.60. The van der Waals surface area contributed by atoms with E-state index in [1.807, 2.05) is 18.2 Å². The van der Waals surface area contributed by atoms with Crippen molar-refractivity contribution in [1.29, 1.82) is 0 Å². The number of fused-ring (bicyclic) bond motifs is 1. The largest absolute Gasteiger partial charge is 0.573 e. The number of ether oxygens (including phenoxy) is 2. The minimum Gasteiger partial charge on any atom is -0.406 e. The molecule has 3 aromatic carbocycles. The van der Waals surface area contributed by atoms with Crippen LogP contribution in [0.15, 0.2) is 54.6 Å². The van der Waals surface area contributed by atoms with Crippen LogP contribution >= 0.6 is 0 Å². The van der Waals surface area contributed by atoms with Crippen LogP contribution in [0.5, 0.6) is 5.75 Å². The van der Waals surface area contributed by atoms with Gasteiger partial charge in [-0.3, -0.25) is 0 Å². The fraction of sp³-hybridized carbons (Fsp3) is 0.407. The molecule has 0 atom stereocenters. The second kappa shape index (κ2) is 10.1. The fourth-order valence-corrected chi connectivity index (χ4v) is 4.84. The van der Waals surface area contributed by atoms with Gasteiger partial charge in [-0.2, -0.15) is 0 Å². The number of alkyl halides is 3. The molecule has 1 aliphatic carbocycles. The van der Waals surface area contributed by atoms with Crippen LogP contribution in [-0.2, 0) is 17.6 Å². The molecule has 0 aromatic heterocycles. The van der Waals surface area contributed by atoms with Gasteiger partial charge in [0.25, 0.3) is 0 Å². The number of rotatable bonds is 7. The molecular formula is C27H28F4O2. The number of hydrogen-bond acceptors (Lipinski definition) is 2. The number of halogens is 4. The zero-order valence-electron chi connectivity index (χ0n) is 18.6. The van der Waals surface area contributed by atoms with Gasteiger partial charge in [0.15, 0.2) is 0 Å². The van der Waals surface area contributed by atoms with E-state index in [2.05, 4.69) is 16.9 Å². The summed E-state index contributed by atoms with van der Waals surface area (Å²) in [5.41, 5.74) is 2.70. The van der Waals surface area contributed by atoms with Crippen molar-refractivity contribution in [3.05, 3.63) is 77.1 Å². The van der Waals surface area contributed by atoms with Crippen molar-refractivity contribution < 1.29 is 27.0 Å². The summed E-state index contributed by atoms with van der Waals surface area (Å²) in [6, 6.07) is 15.5. The Balaban J connectivity index is 1.41. The monoisotopic (exact) mass is 460 g/mol. The fourth-order valence-electron chi connectivity index (χ4n) is 4.84. The average molecular weight is 461 g/mol. The molecule has 0 unspecified atom stereocenters. The predicted octanol–water partition coefficient (Wildman–Crippen LogP) is 7.58.